The van der Waals surface area contributed by atoms with Crippen molar-refractivity contribution in [2.45, 2.75) is 18.9 Å². The van der Waals surface area contributed by atoms with E-state index in [0.29, 0.717) is 6.04 Å². The Morgan fingerprint density at radius 2 is 1.73 bits per heavy atom. The standard InChI is InChI=1S/C20H20N6/c1-2-6-18-17(5-1)21-15-25(18)20-8-3-7-19(23-20)24-13-9-16(10-14-24)26-12-4-11-22-26/h1-8,11-12,15-16H,9-10,13-14H2. The number of benzene rings is 1. The quantitative estimate of drug-likeness (QED) is 0.571. The summed E-state index contributed by atoms with van der Waals surface area (Å²) in [6, 6.07) is 16.8. The number of fused-ring (bicyclic) bond motifs is 1. The second-order valence-electron chi connectivity index (χ2n) is 6.66. The summed E-state index contributed by atoms with van der Waals surface area (Å²) in [4.78, 5) is 11.7. The summed E-state index contributed by atoms with van der Waals surface area (Å²) in [5.74, 6) is 1.93. The van der Waals surface area contributed by atoms with Gasteiger partial charge in [0.25, 0.3) is 0 Å². The van der Waals surface area contributed by atoms with Crippen LogP contribution in [0.25, 0.3) is 16.9 Å². The molecule has 0 atom stereocenters. The SMILES string of the molecule is c1cc(N2CCC(n3cccn3)CC2)nc(-n2cnc3ccccc32)c1. The monoisotopic (exact) mass is 344 g/mol. The van der Waals surface area contributed by atoms with Gasteiger partial charge in [-0.3, -0.25) is 9.25 Å². The van der Waals surface area contributed by atoms with Crippen LogP contribution in [-0.2, 0) is 0 Å². The maximum absolute atomic E-state index is 4.90. The van der Waals surface area contributed by atoms with Crippen molar-refractivity contribution in [1.82, 2.24) is 24.3 Å². The molecule has 0 N–H and O–H groups in total. The van der Waals surface area contributed by atoms with Crippen LogP contribution < -0.4 is 4.90 Å². The molecule has 5 rings (SSSR count). The zero-order valence-corrected chi connectivity index (χ0v) is 14.4. The zero-order chi connectivity index (χ0) is 17.3. The summed E-state index contributed by atoms with van der Waals surface area (Å²) < 4.78 is 4.13. The second-order valence-corrected chi connectivity index (χ2v) is 6.66. The van der Waals surface area contributed by atoms with Gasteiger partial charge in [-0.25, -0.2) is 9.97 Å². The average molecular weight is 344 g/mol. The fourth-order valence-corrected chi connectivity index (χ4v) is 3.72. The van der Waals surface area contributed by atoms with E-state index in [4.69, 9.17) is 4.98 Å². The fraction of sp³-hybridized carbons (Fsp3) is 0.250. The van der Waals surface area contributed by atoms with Gasteiger partial charge in [0.2, 0.25) is 0 Å². The number of piperidine rings is 1. The molecule has 4 heterocycles. The zero-order valence-electron chi connectivity index (χ0n) is 14.4. The molecule has 6 heteroatoms. The van der Waals surface area contributed by atoms with Crippen LogP contribution in [0.5, 0.6) is 0 Å². The van der Waals surface area contributed by atoms with Crippen LogP contribution in [-0.4, -0.2) is 37.4 Å². The summed E-state index contributed by atoms with van der Waals surface area (Å²) in [5.41, 5.74) is 2.06. The molecule has 0 radical (unpaired) electrons. The van der Waals surface area contributed by atoms with Crippen molar-refractivity contribution in [1.29, 1.82) is 0 Å². The number of rotatable bonds is 3. The molecule has 1 aliphatic rings. The van der Waals surface area contributed by atoms with E-state index < -0.39 is 0 Å². The Morgan fingerprint density at radius 3 is 2.58 bits per heavy atom. The minimum Gasteiger partial charge on any atom is -0.356 e. The molecule has 4 aromatic rings. The highest BCUT2D eigenvalue weighted by Crippen LogP contribution is 2.26. The number of nitrogens with zero attached hydrogens (tertiary/aromatic N) is 6. The highest BCUT2D eigenvalue weighted by Gasteiger charge is 2.21. The first kappa shape index (κ1) is 15.1. The van der Waals surface area contributed by atoms with Gasteiger partial charge in [0.1, 0.15) is 18.0 Å². The molecular formula is C20H20N6. The topological polar surface area (TPSA) is 51.8 Å². The number of anilines is 1. The third kappa shape index (κ3) is 2.63. The molecular weight excluding hydrogens is 324 g/mol. The van der Waals surface area contributed by atoms with Crippen molar-refractivity contribution in [2.24, 2.45) is 0 Å². The average Bonchev–Trinajstić information content (AvgIpc) is 3.38. The Kier molecular flexibility index (Phi) is 3.66. The number of hydrogen-bond acceptors (Lipinski definition) is 4. The van der Waals surface area contributed by atoms with Crippen molar-refractivity contribution in [3.05, 3.63) is 67.3 Å². The van der Waals surface area contributed by atoms with E-state index in [-0.39, 0.29) is 0 Å². The molecule has 0 bridgehead atoms. The van der Waals surface area contributed by atoms with E-state index in [0.717, 1.165) is 48.6 Å². The summed E-state index contributed by atoms with van der Waals surface area (Å²) in [5, 5.41) is 4.39. The van der Waals surface area contributed by atoms with Gasteiger partial charge in [0.15, 0.2) is 0 Å². The largest absolute Gasteiger partial charge is 0.356 e. The first-order valence-corrected chi connectivity index (χ1v) is 9.02. The van der Waals surface area contributed by atoms with Crippen molar-refractivity contribution in [3.8, 4) is 5.82 Å². The normalized spacial score (nSPS) is 15.6. The highest BCUT2D eigenvalue weighted by atomic mass is 15.3. The van der Waals surface area contributed by atoms with Crippen LogP contribution in [0.2, 0.25) is 0 Å². The molecule has 1 saturated heterocycles. The first-order chi connectivity index (χ1) is 12.9. The molecule has 1 aliphatic heterocycles. The van der Waals surface area contributed by atoms with Gasteiger partial charge in [-0.05, 0) is 43.2 Å². The molecule has 1 aromatic carbocycles. The van der Waals surface area contributed by atoms with E-state index >= 15 is 0 Å². The van der Waals surface area contributed by atoms with E-state index in [9.17, 15) is 0 Å². The van der Waals surface area contributed by atoms with Gasteiger partial charge in [0, 0.05) is 25.5 Å². The minimum atomic E-state index is 0.488. The van der Waals surface area contributed by atoms with Crippen LogP contribution in [0.15, 0.2) is 67.3 Å². The van der Waals surface area contributed by atoms with Crippen molar-refractivity contribution in [3.63, 3.8) is 0 Å². The molecule has 0 saturated carbocycles. The maximum atomic E-state index is 4.90. The number of imidazole rings is 1. The number of aromatic nitrogens is 5. The van der Waals surface area contributed by atoms with Gasteiger partial charge in [0.05, 0.1) is 17.1 Å². The van der Waals surface area contributed by atoms with Crippen molar-refractivity contribution in [2.75, 3.05) is 18.0 Å². The Bertz CT molecular complexity index is 1010. The van der Waals surface area contributed by atoms with Crippen LogP contribution in [0.4, 0.5) is 5.82 Å². The van der Waals surface area contributed by atoms with Crippen molar-refractivity contribution >= 4 is 16.9 Å². The number of pyridine rings is 1. The summed E-state index contributed by atoms with van der Waals surface area (Å²) in [6.45, 7) is 1.98. The van der Waals surface area contributed by atoms with E-state index in [1.54, 1.807) is 0 Å². The Morgan fingerprint density at radius 1 is 0.885 bits per heavy atom. The predicted molar refractivity (Wildman–Crippen MR) is 102 cm³/mol. The Hall–Kier alpha value is -3.15. The van der Waals surface area contributed by atoms with Crippen LogP contribution >= 0.6 is 0 Å². The van der Waals surface area contributed by atoms with Crippen LogP contribution in [0.1, 0.15) is 18.9 Å². The lowest BCUT2D eigenvalue weighted by Gasteiger charge is -2.33. The van der Waals surface area contributed by atoms with Gasteiger partial charge < -0.3 is 4.90 Å². The lowest BCUT2D eigenvalue weighted by Crippen LogP contribution is -2.35. The van der Waals surface area contributed by atoms with Crippen LogP contribution in [0, 0.1) is 0 Å². The van der Waals surface area contributed by atoms with Gasteiger partial charge in [-0.15, -0.1) is 0 Å². The van der Waals surface area contributed by atoms with Gasteiger partial charge in [-0.2, -0.15) is 5.10 Å². The molecule has 0 aliphatic carbocycles. The molecule has 130 valence electrons. The van der Waals surface area contributed by atoms with Crippen LogP contribution in [0.3, 0.4) is 0 Å². The molecule has 0 spiro atoms. The maximum Gasteiger partial charge on any atom is 0.140 e. The summed E-state index contributed by atoms with van der Waals surface area (Å²) in [7, 11) is 0. The smallest absolute Gasteiger partial charge is 0.140 e. The number of para-hydroxylation sites is 2. The first-order valence-electron chi connectivity index (χ1n) is 9.02. The highest BCUT2D eigenvalue weighted by molar-refractivity contribution is 5.76. The molecule has 26 heavy (non-hydrogen) atoms. The van der Waals surface area contributed by atoms with E-state index in [1.165, 1.54) is 0 Å². The van der Waals surface area contributed by atoms with Gasteiger partial charge >= 0.3 is 0 Å². The summed E-state index contributed by atoms with van der Waals surface area (Å²) in [6.07, 6.45) is 7.93. The second kappa shape index (κ2) is 6.29. The third-order valence-electron chi connectivity index (χ3n) is 5.11. The lowest BCUT2D eigenvalue weighted by atomic mass is 10.1. The Balaban J connectivity index is 1.39. The lowest BCUT2D eigenvalue weighted by molar-refractivity contribution is 0.366. The molecule has 3 aromatic heterocycles. The molecule has 0 unspecified atom stereocenters. The Labute approximate surface area is 151 Å². The minimum absolute atomic E-state index is 0.488. The fourth-order valence-electron chi connectivity index (χ4n) is 3.72. The summed E-state index contributed by atoms with van der Waals surface area (Å²) >= 11 is 0. The van der Waals surface area contributed by atoms with E-state index in [1.807, 2.05) is 42.9 Å². The van der Waals surface area contributed by atoms with E-state index in [2.05, 4.69) is 48.6 Å². The van der Waals surface area contributed by atoms with Crippen molar-refractivity contribution < 1.29 is 0 Å². The molecule has 0 amide bonds. The predicted octanol–water partition coefficient (Wildman–Crippen LogP) is 3.46. The number of hydrogen-bond donors (Lipinski definition) is 0. The third-order valence-corrected chi connectivity index (χ3v) is 5.11. The molecule has 6 nitrogen and oxygen atoms in total. The van der Waals surface area contributed by atoms with Gasteiger partial charge in [-0.1, -0.05) is 18.2 Å². The molecule has 1 fully saturated rings.